The van der Waals surface area contributed by atoms with Crippen molar-refractivity contribution in [2.75, 3.05) is 17.2 Å². The van der Waals surface area contributed by atoms with Crippen molar-refractivity contribution in [3.05, 3.63) is 60.4 Å². The van der Waals surface area contributed by atoms with Gasteiger partial charge in [-0.05, 0) is 30.3 Å². The summed E-state index contributed by atoms with van der Waals surface area (Å²) in [4.78, 5) is 27.9. The highest BCUT2D eigenvalue weighted by atomic mass is 16.5. The smallest absolute Gasteiger partial charge is 0.262 e. The first-order chi connectivity index (χ1) is 11.7. The molecule has 0 saturated heterocycles. The molecule has 6 heteroatoms. The maximum absolute atomic E-state index is 12.5. The van der Waals surface area contributed by atoms with E-state index in [0.717, 1.165) is 10.8 Å². The predicted molar refractivity (Wildman–Crippen MR) is 90.3 cm³/mol. The van der Waals surface area contributed by atoms with Crippen molar-refractivity contribution >= 4 is 34.0 Å². The lowest BCUT2D eigenvalue weighted by Gasteiger charge is -2.18. The van der Waals surface area contributed by atoms with Crippen molar-refractivity contribution in [2.24, 2.45) is 0 Å². The van der Waals surface area contributed by atoms with Crippen LogP contribution in [0.15, 0.2) is 54.9 Å². The van der Waals surface area contributed by atoms with Crippen LogP contribution in [0.2, 0.25) is 0 Å². The molecule has 0 bridgehead atoms. The summed E-state index contributed by atoms with van der Waals surface area (Å²) in [5, 5.41) is 7.47. The molecule has 1 aromatic heterocycles. The normalized spacial score (nSPS) is 12.9. The van der Waals surface area contributed by atoms with E-state index in [2.05, 4.69) is 15.6 Å². The average molecular weight is 319 g/mol. The Balaban J connectivity index is 1.63. The third-order valence-electron chi connectivity index (χ3n) is 3.81. The van der Waals surface area contributed by atoms with Crippen molar-refractivity contribution in [3.8, 4) is 5.75 Å². The third-order valence-corrected chi connectivity index (χ3v) is 3.81. The van der Waals surface area contributed by atoms with Crippen LogP contribution >= 0.6 is 0 Å². The first-order valence-electron chi connectivity index (χ1n) is 7.41. The van der Waals surface area contributed by atoms with Gasteiger partial charge in [-0.2, -0.15) is 0 Å². The Bertz CT molecular complexity index is 963. The molecule has 2 N–H and O–H groups in total. The van der Waals surface area contributed by atoms with E-state index < -0.39 is 0 Å². The van der Waals surface area contributed by atoms with Crippen LogP contribution in [-0.2, 0) is 4.79 Å². The fourth-order valence-corrected chi connectivity index (χ4v) is 2.64. The van der Waals surface area contributed by atoms with Crippen LogP contribution in [0.5, 0.6) is 5.75 Å². The van der Waals surface area contributed by atoms with Gasteiger partial charge >= 0.3 is 0 Å². The van der Waals surface area contributed by atoms with Crippen molar-refractivity contribution in [3.63, 3.8) is 0 Å². The molecule has 0 radical (unpaired) electrons. The average Bonchev–Trinajstić information content (AvgIpc) is 2.61. The Labute approximate surface area is 137 Å². The molecule has 3 aromatic rings. The standard InChI is InChI=1S/C18H13N3O3/c22-17-10-24-16-8-11(4-5-15(16)20-17)18(23)21-14-3-1-2-12-9-19-7-6-13(12)14/h1-9H,10H2,(H,20,22)(H,21,23). The Hall–Kier alpha value is -3.41. The second kappa shape index (κ2) is 5.66. The van der Waals surface area contributed by atoms with Gasteiger partial charge in [-0.3, -0.25) is 14.6 Å². The maximum Gasteiger partial charge on any atom is 0.262 e. The molecule has 6 nitrogen and oxygen atoms in total. The quantitative estimate of drug-likeness (QED) is 0.761. The number of carbonyl (C=O) groups excluding carboxylic acids is 2. The first-order valence-corrected chi connectivity index (χ1v) is 7.41. The number of anilines is 2. The van der Waals surface area contributed by atoms with Gasteiger partial charge in [0.25, 0.3) is 11.8 Å². The highest BCUT2D eigenvalue weighted by Gasteiger charge is 2.18. The van der Waals surface area contributed by atoms with Crippen molar-refractivity contribution < 1.29 is 14.3 Å². The van der Waals surface area contributed by atoms with Gasteiger partial charge in [-0.1, -0.05) is 12.1 Å². The van der Waals surface area contributed by atoms with Crippen LogP contribution in [0.3, 0.4) is 0 Å². The van der Waals surface area contributed by atoms with Gasteiger partial charge in [0.15, 0.2) is 6.61 Å². The summed E-state index contributed by atoms with van der Waals surface area (Å²) in [6, 6.07) is 12.4. The monoisotopic (exact) mass is 319 g/mol. The summed E-state index contributed by atoms with van der Waals surface area (Å²) in [6.45, 7) is -0.0472. The van der Waals surface area contributed by atoms with E-state index in [1.807, 2.05) is 24.3 Å². The molecule has 0 saturated carbocycles. The van der Waals surface area contributed by atoms with Gasteiger partial charge in [0.1, 0.15) is 5.75 Å². The predicted octanol–water partition coefficient (Wildman–Crippen LogP) is 2.82. The van der Waals surface area contributed by atoms with Crippen molar-refractivity contribution in [1.29, 1.82) is 0 Å². The molecule has 1 aliphatic rings. The van der Waals surface area contributed by atoms with Crippen molar-refractivity contribution in [2.45, 2.75) is 0 Å². The molecule has 2 heterocycles. The number of benzene rings is 2. The minimum absolute atomic E-state index is 0.0472. The molecule has 2 aromatic carbocycles. The van der Waals surface area contributed by atoms with E-state index in [0.29, 0.717) is 22.7 Å². The van der Waals surface area contributed by atoms with Gasteiger partial charge in [-0.15, -0.1) is 0 Å². The number of ether oxygens (including phenoxy) is 1. The second-order valence-corrected chi connectivity index (χ2v) is 5.40. The summed E-state index contributed by atoms with van der Waals surface area (Å²) in [6.07, 6.45) is 3.44. The lowest BCUT2D eigenvalue weighted by Crippen LogP contribution is -2.25. The number of hydrogen-bond acceptors (Lipinski definition) is 4. The number of rotatable bonds is 2. The van der Waals surface area contributed by atoms with E-state index in [9.17, 15) is 9.59 Å². The molecule has 0 spiro atoms. The van der Waals surface area contributed by atoms with E-state index in [4.69, 9.17) is 4.74 Å². The Morgan fingerprint density at radius 1 is 1.21 bits per heavy atom. The molecule has 4 rings (SSSR count). The number of nitrogens with one attached hydrogen (secondary N) is 2. The summed E-state index contributed by atoms with van der Waals surface area (Å²) in [5.41, 5.74) is 1.74. The van der Waals surface area contributed by atoms with Gasteiger partial charge in [0.2, 0.25) is 0 Å². The fraction of sp³-hybridized carbons (Fsp3) is 0.0556. The van der Waals surface area contributed by atoms with E-state index >= 15 is 0 Å². The van der Waals surface area contributed by atoms with Crippen LogP contribution < -0.4 is 15.4 Å². The Kier molecular flexibility index (Phi) is 3.35. The van der Waals surface area contributed by atoms with Crippen LogP contribution in [0.1, 0.15) is 10.4 Å². The maximum atomic E-state index is 12.5. The number of carbonyl (C=O) groups is 2. The number of amides is 2. The fourth-order valence-electron chi connectivity index (χ4n) is 2.64. The number of fused-ring (bicyclic) bond motifs is 2. The van der Waals surface area contributed by atoms with Gasteiger partial charge < -0.3 is 15.4 Å². The molecule has 0 atom stereocenters. The molecule has 0 fully saturated rings. The van der Waals surface area contributed by atoms with Crippen LogP contribution in [0.25, 0.3) is 10.8 Å². The number of hydrogen-bond donors (Lipinski definition) is 2. The van der Waals surface area contributed by atoms with E-state index in [1.54, 1.807) is 30.6 Å². The van der Waals surface area contributed by atoms with Crippen LogP contribution in [0.4, 0.5) is 11.4 Å². The second-order valence-electron chi connectivity index (χ2n) is 5.40. The van der Waals surface area contributed by atoms with Gasteiger partial charge in [0.05, 0.1) is 5.69 Å². The number of aromatic nitrogens is 1. The Morgan fingerprint density at radius 3 is 3.04 bits per heavy atom. The van der Waals surface area contributed by atoms with Crippen LogP contribution in [-0.4, -0.2) is 23.4 Å². The third kappa shape index (κ3) is 2.54. The summed E-state index contributed by atoms with van der Waals surface area (Å²) < 4.78 is 5.35. The molecule has 1 aliphatic heterocycles. The number of pyridine rings is 1. The van der Waals surface area contributed by atoms with E-state index in [-0.39, 0.29) is 18.4 Å². The molecular weight excluding hydrogens is 306 g/mol. The zero-order chi connectivity index (χ0) is 16.5. The minimum atomic E-state index is -0.248. The largest absolute Gasteiger partial charge is 0.482 e. The zero-order valence-electron chi connectivity index (χ0n) is 12.6. The molecule has 24 heavy (non-hydrogen) atoms. The van der Waals surface area contributed by atoms with Gasteiger partial charge in [0, 0.05) is 34.4 Å². The molecule has 118 valence electrons. The Morgan fingerprint density at radius 2 is 2.12 bits per heavy atom. The molecule has 0 unspecified atom stereocenters. The molecule has 0 aliphatic carbocycles. The van der Waals surface area contributed by atoms with Crippen LogP contribution in [0, 0.1) is 0 Å². The zero-order valence-corrected chi connectivity index (χ0v) is 12.6. The SMILES string of the molecule is O=C1COc2cc(C(=O)Nc3cccc4cnccc34)ccc2N1. The summed E-state index contributed by atoms with van der Waals surface area (Å²) >= 11 is 0. The summed E-state index contributed by atoms with van der Waals surface area (Å²) in [7, 11) is 0. The lowest BCUT2D eigenvalue weighted by atomic mass is 10.1. The van der Waals surface area contributed by atoms with Gasteiger partial charge in [-0.25, -0.2) is 0 Å². The first kappa shape index (κ1) is 14.2. The highest BCUT2D eigenvalue weighted by molar-refractivity contribution is 6.09. The summed E-state index contributed by atoms with van der Waals surface area (Å²) in [5.74, 6) is 0.0380. The number of nitrogens with zero attached hydrogens (tertiary/aromatic N) is 1. The topological polar surface area (TPSA) is 80.3 Å². The van der Waals surface area contributed by atoms with Crippen molar-refractivity contribution in [1.82, 2.24) is 4.98 Å². The lowest BCUT2D eigenvalue weighted by molar-refractivity contribution is -0.118. The molecular formula is C18H13N3O3. The highest BCUT2D eigenvalue weighted by Crippen LogP contribution is 2.29. The van der Waals surface area contributed by atoms with E-state index in [1.165, 1.54) is 0 Å². The minimum Gasteiger partial charge on any atom is -0.482 e. The molecule has 2 amide bonds.